The van der Waals surface area contributed by atoms with Crippen LogP contribution in [-0.4, -0.2) is 37.0 Å². The summed E-state index contributed by atoms with van der Waals surface area (Å²) in [6.45, 7) is 1.62. The van der Waals surface area contributed by atoms with Crippen molar-refractivity contribution in [3.63, 3.8) is 0 Å². The van der Waals surface area contributed by atoms with Gasteiger partial charge in [0.2, 0.25) is 12.7 Å². The maximum Gasteiger partial charge on any atom is 0.238 e. The van der Waals surface area contributed by atoms with Crippen LogP contribution in [0.5, 0.6) is 11.5 Å². The van der Waals surface area contributed by atoms with Crippen LogP contribution in [0.1, 0.15) is 22.8 Å². The van der Waals surface area contributed by atoms with E-state index >= 15 is 0 Å². The minimum absolute atomic E-state index is 0.0174. The van der Waals surface area contributed by atoms with Gasteiger partial charge in [0.1, 0.15) is 5.82 Å². The number of ketones is 1. The van der Waals surface area contributed by atoms with Crippen LogP contribution in [0.4, 0.5) is 10.1 Å². The first-order valence-corrected chi connectivity index (χ1v) is 8.59. The molecule has 0 aliphatic carbocycles. The molecule has 0 unspecified atom stereocenters. The molecule has 0 radical (unpaired) electrons. The number of nitrogens with one attached hydrogen (secondary N) is 1. The number of benzene rings is 2. The molecule has 0 bridgehead atoms. The third-order valence-electron chi connectivity index (χ3n) is 4.07. The van der Waals surface area contributed by atoms with E-state index in [9.17, 15) is 14.0 Å². The van der Waals surface area contributed by atoms with Crippen molar-refractivity contribution in [1.29, 1.82) is 0 Å². The number of Topliss-reactive ketones (excluding diaryl/α,β-unsaturated/α-hetero) is 1. The van der Waals surface area contributed by atoms with Crippen LogP contribution in [0.3, 0.4) is 0 Å². The van der Waals surface area contributed by atoms with Crippen molar-refractivity contribution >= 4 is 29.0 Å². The second-order valence-corrected chi connectivity index (χ2v) is 6.64. The van der Waals surface area contributed by atoms with Gasteiger partial charge < -0.3 is 14.8 Å². The number of hydrogen-bond acceptors (Lipinski definition) is 5. The standard InChI is InChI=1S/C19H18ClFN2O4/c1-11(24)12-6-17-18(27-10-26-17)7-16(12)22-19(25)9-23(2)8-13-14(20)4-3-5-15(13)21/h3-7H,8-10H2,1-2H3,(H,22,25). The molecule has 8 heteroatoms. The fourth-order valence-corrected chi connectivity index (χ4v) is 3.00. The fraction of sp³-hybridized carbons (Fsp3) is 0.263. The molecule has 2 aromatic rings. The maximum atomic E-state index is 13.9. The zero-order valence-electron chi connectivity index (χ0n) is 14.8. The van der Waals surface area contributed by atoms with Gasteiger partial charge in [-0.2, -0.15) is 0 Å². The molecule has 0 atom stereocenters. The summed E-state index contributed by atoms with van der Waals surface area (Å²) in [4.78, 5) is 25.9. The van der Waals surface area contributed by atoms with Gasteiger partial charge in [-0.15, -0.1) is 0 Å². The number of carbonyl (C=O) groups is 2. The summed E-state index contributed by atoms with van der Waals surface area (Å²) in [5, 5.41) is 3.01. The first-order chi connectivity index (χ1) is 12.8. The van der Waals surface area contributed by atoms with Crippen molar-refractivity contribution in [2.75, 3.05) is 25.7 Å². The lowest BCUT2D eigenvalue weighted by atomic mass is 10.1. The highest BCUT2D eigenvalue weighted by Crippen LogP contribution is 2.37. The monoisotopic (exact) mass is 392 g/mol. The van der Waals surface area contributed by atoms with Crippen molar-refractivity contribution < 1.29 is 23.5 Å². The van der Waals surface area contributed by atoms with E-state index in [-0.39, 0.29) is 31.6 Å². The molecular formula is C19H18ClFN2O4. The number of fused-ring (bicyclic) bond motifs is 1. The molecule has 2 aromatic carbocycles. The highest BCUT2D eigenvalue weighted by molar-refractivity contribution is 6.31. The van der Waals surface area contributed by atoms with Crippen LogP contribution in [0.25, 0.3) is 0 Å². The summed E-state index contributed by atoms with van der Waals surface area (Å²) in [7, 11) is 1.67. The fourth-order valence-electron chi connectivity index (χ4n) is 2.78. The third-order valence-corrected chi connectivity index (χ3v) is 4.42. The minimum Gasteiger partial charge on any atom is -0.454 e. The molecule has 3 rings (SSSR count). The van der Waals surface area contributed by atoms with Gasteiger partial charge in [-0.25, -0.2) is 4.39 Å². The Kier molecular flexibility index (Phi) is 5.62. The van der Waals surface area contributed by atoms with Gasteiger partial charge in [-0.3, -0.25) is 14.5 Å². The van der Waals surface area contributed by atoms with Crippen LogP contribution < -0.4 is 14.8 Å². The number of rotatable bonds is 6. The molecule has 6 nitrogen and oxygen atoms in total. The van der Waals surface area contributed by atoms with Crippen LogP contribution in [0, 0.1) is 5.82 Å². The zero-order chi connectivity index (χ0) is 19.6. The summed E-state index contributed by atoms with van der Waals surface area (Å²) in [6.07, 6.45) is 0. The average molecular weight is 393 g/mol. The summed E-state index contributed by atoms with van der Waals surface area (Å²) in [5.41, 5.74) is 0.989. The lowest BCUT2D eigenvalue weighted by molar-refractivity contribution is -0.117. The van der Waals surface area contributed by atoms with E-state index in [1.807, 2.05) is 0 Å². The largest absolute Gasteiger partial charge is 0.454 e. The molecule has 142 valence electrons. The van der Waals surface area contributed by atoms with Crippen LogP contribution in [-0.2, 0) is 11.3 Å². The average Bonchev–Trinajstić information content (AvgIpc) is 3.04. The van der Waals surface area contributed by atoms with Gasteiger partial charge in [-0.1, -0.05) is 17.7 Å². The lowest BCUT2D eigenvalue weighted by Gasteiger charge is -2.18. The molecule has 0 aromatic heterocycles. The van der Waals surface area contributed by atoms with Crippen LogP contribution in [0.15, 0.2) is 30.3 Å². The topological polar surface area (TPSA) is 67.9 Å². The van der Waals surface area contributed by atoms with E-state index in [4.69, 9.17) is 21.1 Å². The first-order valence-electron chi connectivity index (χ1n) is 8.21. The first kappa shape index (κ1) is 19.1. The predicted octanol–water partition coefficient (Wildman–Crippen LogP) is 3.48. The van der Waals surface area contributed by atoms with E-state index in [1.54, 1.807) is 30.1 Å². The van der Waals surface area contributed by atoms with Gasteiger partial charge in [0.25, 0.3) is 0 Å². The molecule has 1 aliphatic heterocycles. The number of hydrogen-bond donors (Lipinski definition) is 1. The molecule has 0 saturated carbocycles. The van der Waals surface area contributed by atoms with Gasteiger partial charge in [0, 0.05) is 28.8 Å². The number of halogens is 2. The lowest BCUT2D eigenvalue weighted by Crippen LogP contribution is -2.30. The number of likely N-dealkylation sites (N-methyl/N-ethyl adjacent to an activating group) is 1. The Bertz CT molecular complexity index is 883. The minimum atomic E-state index is -0.426. The SMILES string of the molecule is CC(=O)c1cc2c(cc1NC(=O)CN(C)Cc1c(F)cccc1Cl)OCO2. The Morgan fingerprint density at radius 3 is 2.63 bits per heavy atom. The summed E-state index contributed by atoms with van der Waals surface area (Å²) in [5.74, 6) is -0.0721. The highest BCUT2D eigenvalue weighted by Gasteiger charge is 2.21. The Morgan fingerprint density at radius 2 is 1.96 bits per heavy atom. The molecule has 1 N–H and O–H groups in total. The van der Waals surface area contributed by atoms with E-state index in [0.29, 0.717) is 33.3 Å². The van der Waals surface area contributed by atoms with Crippen molar-refractivity contribution in [2.45, 2.75) is 13.5 Å². The predicted molar refractivity (Wildman–Crippen MR) is 98.9 cm³/mol. The molecular weight excluding hydrogens is 375 g/mol. The Hall–Kier alpha value is -2.64. The summed E-state index contributed by atoms with van der Waals surface area (Å²) in [6, 6.07) is 7.55. The summed E-state index contributed by atoms with van der Waals surface area (Å²) < 4.78 is 24.4. The molecule has 27 heavy (non-hydrogen) atoms. The Labute approximate surface area is 160 Å². The second kappa shape index (κ2) is 7.94. The molecule has 0 spiro atoms. The Morgan fingerprint density at radius 1 is 1.26 bits per heavy atom. The number of anilines is 1. The number of carbonyl (C=O) groups excluding carboxylic acids is 2. The van der Waals surface area contributed by atoms with Crippen molar-refractivity contribution in [3.05, 3.63) is 52.3 Å². The Balaban J connectivity index is 1.70. The van der Waals surface area contributed by atoms with Crippen molar-refractivity contribution in [2.24, 2.45) is 0 Å². The van der Waals surface area contributed by atoms with E-state index in [0.717, 1.165) is 0 Å². The van der Waals surface area contributed by atoms with Crippen LogP contribution >= 0.6 is 11.6 Å². The summed E-state index contributed by atoms with van der Waals surface area (Å²) >= 11 is 6.02. The zero-order valence-corrected chi connectivity index (χ0v) is 15.6. The second-order valence-electron chi connectivity index (χ2n) is 6.23. The highest BCUT2D eigenvalue weighted by atomic mass is 35.5. The third kappa shape index (κ3) is 4.37. The molecule has 1 aliphatic rings. The molecule has 1 heterocycles. The van der Waals surface area contributed by atoms with Gasteiger partial charge in [-0.05, 0) is 32.2 Å². The smallest absolute Gasteiger partial charge is 0.238 e. The van der Waals surface area contributed by atoms with Crippen molar-refractivity contribution in [1.82, 2.24) is 4.90 Å². The normalized spacial score (nSPS) is 12.3. The maximum absolute atomic E-state index is 13.9. The number of amides is 1. The number of nitrogens with zero attached hydrogens (tertiary/aromatic N) is 1. The number of ether oxygens (including phenoxy) is 2. The van der Waals surface area contributed by atoms with Gasteiger partial charge >= 0.3 is 0 Å². The van der Waals surface area contributed by atoms with E-state index < -0.39 is 5.82 Å². The van der Waals surface area contributed by atoms with Crippen molar-refractivity contribution in [3.8, 4) is 11.5 Å². The molecule has 0 fully saturated rings. The quantitative estimate of drug-likeness (QED) is 0.762. The molecule has 0 saturated heterocycles. The van der Waals surface area contributed by atoms with Gasteiger partial charge in [0.15, 0.2) is 17.3 Å². The van der Waals surface area contributed by atoms with E-state index in [1.165, 1.54) is 19.1 Å². The van der Waals surface area contributed by atoms with Crippen LogP contribution in [0.2, 0.25) is 5.02 Å². The molecule has 1 amide bonds. The van der Waals surface area contributed by atoms with Gasteiger partial charge in [0.05, 0.1) is 12.2 Å². The van der Waals surface area contributed by atoms with E-state index in [2.05, 4.69) is 5.32 Å².